The van der Waals surface area contributed by atoms with Crippen molar-refractivity contribution in [2.45, 2.75) is 33.8 Å². The third-order valence-corrected chi connectivity index (χ3v) is 5.56. The van der Waals surface area contributed by atoms with Gasteiger partial charge in [0.05, 0.1) is 24.5 Å². The molecule has 0 fully saturated rings. The Balaban J connectivity index is 1.84. The van der Waals surface area contributed by atoms with Gasteiger partial charge in [0.15, 0.2) is 0 Å². The van der Waals surface area contributed by atoms with Crippen molar-refractivity contribution in [2.24, 2.45) is 0 Å². The molecule has 4 rings (SSSR count). The fourth-order valence-electron chi connectivity index (χ4n) is 4.02. The Hall–Kier alpha value is -4.06. The third kappa shape index (κ3) is 4.39. The van der Waals surface area contributed by atoms with Gasteiger partial charge in [0.2, 0.25) is 0 Å². The average Bonchev–Trinajstić information content (AvgIpc) is 3.04. The highest BCUT2D eigenvalue weighted by Crippen LogP contribution is 2.39. The number of imide groups is 1. The van der Waals surface area contributed by atoms with Crippen LogP contribution in [-0.4, -0.2) is 25.0 Å². The molecule has 1 aliphatic heterocycles. The second kappa shape index (κ2) is 9.43. The largest absolute Gasteiger partial charge is 0.497 e. The Morgan fingerprint density at radius 1 is 0.882 bits per heavy atom. The van der Waals surface area contributed by atoms with Crippen LogP contribution in [0, 0.1) is 13.8 Å². The van der Waals surface area contributed by atoms with Crippen LogP contribution in [0.15, 0.2) is 72.4 Å². The summed E-state index contributed by atoms with van der Waals surface area (Å²) in [6.07, 6.45) is -0.113. The van der Waals surface area contributed by atoms with Crippen LogP contribution < -0.4 is 19.7 Å². The van der Waals surface area contributed by atoms with Crippen LogP contribution in [-0.2, 0) is 9.59 Å². The normalized spacial score (nSPS) is 13.6. The number of hydrogen-bond acceptors (Lipinski definition) is 5. The maximum absolute atomic E-state index is 13.8. The van der Waals surface area contributed by atoms with Crippen molar-refractivity contribution in [1.82, 2.24) is 0 Å². The monoisotopic (exact) mass is 456 g/mol. The molecular formula is C28H28N2O4. The molecule has 0 atom stereocenters. The molecule has 1 aliphatic rings. The van der Waals surface area contributed by atoms with Crippen LogP contribution in [0.1, 0.15) is 30.5 Å². The van der Waals surface area contributed by atoms with E-state index in [1.165, 1.54) is 4.90 Å². The van der Waals surface area contributed by atoms with Gasteiger partial charge in [0.25, 0.3) is 11.8 Å². The van der Waals surface area contributed by atoms with Crippen LogP contribution in [0.25, 0.3) is 5.57 Å². The van der Waals surface area contributed by atoms with Crippen molar-refractivity contribution >= 4 is 28.8 Å². The number of amides is 2. The number of benzene rings is 3. The molecule has 0 radical (unpaired) electrons. The van der Waals surface area contributed by atoms with Crippen LogP contribution in [0.3, 0.4) is 0 Å². The molecule has 0 saturated carbocycles. The van der Waals surface area contributed by atoms with Gasteiger partial charge in [0.1, 0.15) is 17.2 Å². The zero-order chi connectivity index (χ0) is 24.4. The fourth-order valence-corrected chi connectivity index (χ4v) is 4.02. The molecule has 2 amide bonds. The van der Waals surface area contributed by atoms with Crippen molar-refractivity contribution in [2.75, 3.05) is 17.3 Å². The Morgan fingerprint density at radius 2 is 1.59 bits per heavy atom. The summed E-state index contributed by atoms with van der Waals surface area (Å²) in [5, 5.41) is 3.19. The van der Waals surface area contributed by atoms with E-state index < -0.39 is 11.8 Å². The Morgan fingerprint density at radius 3 is 2.24 bits per heavy atom. The lowest BCUT2D eigenvalue weighted by Crippen LogP contribution is -2.33. The molecule has 0 bridgehead atoms. The number of methoxy groups -OCH3 is 1. The lowest BCUT2D eigenvalue weighted by Gasteiger charge is -2.20. The molecule has 6 heteroatoms. The smallest absolute Gasteiger partial charge is 0.282 e. The van der Waals surface area contributed by atoms with Gasteiger partial charge >= 0.3 is 0 Å². The molecule has 0 unspecified atom stereocenters. The molecule has 1 N–H and O–H groups in total. The number of nitrogens with one attached hydrogen (secondary N) is 1. The summed E-state index contributed by atoms with van der Waals surface area (Å²) >= 11 is 0. The molecule has 3 aromatic rings. The first kappa shape index (κ1) is 23.1. The Bertz CT molecular complexity index is 1280. The van der Waals surface area contributed by atoms with Crippen molar-refractivity contribution in [3.05, 3.63) is 89.1 Å². The number of nitrogens with zero attached hydrogens (tertiary/aromatic N) is 1. The van der Waals surface area contributed by atoms with E-state index in [2.05, 4.69) is 5.32 Å². The highest BCUT2D eigenvalue weighted by molar-refractivity contribution is 6.46. The minimum atomic E-state index is -0.435. The van der Waals surface area contributed by atoms with E-state index in [0.717, 1.165) is 11.1 Å². The highest BCUT2D eigenvalue weighted by atomic mass is 16.5. The predicted molar refractivity (Wildman–Crippen MR) is 134 cm³/mol. The summed E-state index contributed by atoms with van der Waals surface area (Å²) in [6, 6.07) is 20.1. The summed E-state index contributed by atoms with van der Waals surface area (Å²) < 4.78 is 11.1. The van der Waals surface area contributed by atoms with E-state index in [4.69, 9.17) is 9.47 Å². The van der Waals surface area contributed by atoms with Crippen molar-refractivity contribution in [3.63, 3.8) is 0 Å². The van der Waals surface area contributed by atoms with E-state index in [1.54, 1.807) is 37.4 Å². The summed E-state index contributed by atoms with van der Waals surface area (Å²) in [5.74, 6) is 0.345. The standard InChI is InChI=1S/C28H28N2O4/c1-17(2)34-24-9-7-6-8-23(24)30-27(31)25(22-15-10-18(3)16-19(22)4)26(28(30)32)29-20-11-13-21(33-5)14-12-20/h6-17,29H,1-5H3. The summed E-state index contributed by atoms with van der Waals surface area (Å²) in [6.45, 7) is 7.74. The molecule has 6 nitrogen and oxygen atoms in total. The lowest BCUT2D eigenvalue weighted by molar-refractivity contribution is -0.120. The Kier molecular flexibility index (Phi) is 6.41. The van der Waals surface area contributed by atoms with E-state index in [1.807, 2.05) is 64.1 Å². The van der Waals surface area contributed by atoms with Gasteiger partial charge < -0.3 is 14.8 Å². The maximum atomic E-state index is 13.8. The first-order chi connectivity index (χ1) is 16.3. The van der Waals surface area contributed by atoms with E-state index in [9.17, 15) is 9.59 Å². The number of aryl methyl sites for hydroxylation is 2. The molecule has 0 saturated heterocycles. The van der Waals surface area contributed by atoms with Crippen molar-refractivity contribution < 1.29 is 19.1 Å². The highest BCUT2D eigenvalue weighted by Gasteiger charge is 2.42. The molecule has 174 valence electrons. The van der Waals surface area contributed by atoms with E-state index in [0.29, 0.717) is 34.0 Å². The van der Waals surface area contributed by atoms with Gasteiger partial charge in [-0.3, -0.25) is 9.59 Å². The van der Waals surface area contributed by atoms with E-state index in [-0.39, 0.29) is 11.8 Å². The summed E-state index contributed by atoms with van der Waals surface area (Å²) in [7, 11) is 1.59. The minimum absolute atomic E-state index is 0.113. The molecule has 1 heterocycles. The number of anilines is 2. The van der Waals surface area contributed by atoms with Gasteiger partial charge in [0, 0.05) is 5.69 Å². The van der Waals surface area contributed by atoms with Crippen LogP contribution in [0.5, 0.6) is 11.5 Å². The molecule has 0 aliphatic carbocycles. The summed E-state index contributed by atoms with van der Waals surface area (Å²) in [5.41, 5.74) is 4.35. The summed E-state index contributed by atoms with van der Waals surface area (Å²) in [4.78, 5) is 28.8. The van der Waals surface area contributed by atoms with Gasteiger partial charge in [-0.1, -0.05) is 35.9 Å². The number of hydrogen-bond donors (Lipinski definition) is 1. The lowest BCUT2D eigenvalue weighted by atomic mass is 9.97. The zero-order valence-electron chi connectivity index (χ0n) is 20.0. The minimum Gasteiger partial charge on any atom is -0.497 e. The van der Waals surface area contributed by atoms with Crippen molar-refractivity contribution in [3.8, 4) is 11.5 Å². The number of carbonyl (C=O) groups excluding carboxylic acids is 2. The molecule has 34 heavy (non-hydrogen) atoms. The van der Waals surface area contributed by atoms with Gasteiger partial charge in [-0.25, -0.2) is 4.90 Å². The first-order valence-corrected chi connectivity index (χ1v) is 11.2. The van der Waals surface area contributed by atoms with Gasteiger partial charge in [-0.05, 0) is 75.2 Å². The molecule has 3 aromatic carbocycles. The number of rotatable bonds is 7. The number of carbonyl (C=O) groups is 2. The average molecular weight is 457 g/mol. The van der Waals surface area contributed by atoms with Gasteiger partial charge in [-0.2, -0.15) is 0 Å². The van der Waals surface area contributed by atoms with E-state index >= 15 is 0 Å². The molecule has 0 aromatic heterocycles. The van der Waals surface area contributed by atoms with Crippen LogP contribution in [0.2, 0.25) is 0 Å². The Labute approximate surface area is 199 Å². The quantitative estimate of drug-likeness (QED) is 0.476. The second-order valence-corrected chi connectivity index (χ2v) is 8.50. The first-order valence-electron chi connectivity index (χ1n) is 11.2. The second-order valence-electron chi connectivity index (χ2n) is 8.50. The predicted octanol–water partition coefficient (Wildman–Crippen LogP) is 5.50. The number of ether oxygens (including phenoxy) is 2. The maximum Gasteiger partial charge on any atom is 0.282 e. The number of para-hydroxylation sites is 2. The van der Waals surface area contributed by atoms with Crippen molar-refractivity contribution in [1.29, 1.82) is 0 Å². The van der Waals surface area contributed by atoms with Crippen LogP contribution >= 0.6 is 0 Å². The SMILES string of the molecule is COc1ccc(NC2=C(c3ccc(C)cc3C)C(=O)N(c3ccccc3OC(C)C)C2=O)cc1. The zero-order valence-corrected chi connectivity index (χ0v) is 20.0. The van der Waals surface area contributed by atoms with Crippen LogP contribution in [0.4, 0.5) is 11.4 Å². The molecular weight excluding hydrogens is 428 g/mol. The topological polar surface area (TPSA) is 67.9 Å². The fraction of sp³-hybridized carbons (Fsp3) is 0.214. The van der Waals surface area contributed by atoms with Gasteiger partial charge in [-0.15, -0.1) is 0 Å². The third-order valence-electron chi connectivity index (χ3n) is 5.56. The molecule has 0 spiro atoms.